The lowest BCUT2D eigenvalue weighted by atomic mass is 9.90. The molecule has 4 rings (SSSR count). The second kappa shape index (κ2) is 8.28. The molecule has 1 aromatic heterocycles. The minimum atomic E-state index is 0.310. The summed E-state index contributed by atoms with van der Waals surface area (Å²) in [5.74, 6) is 3.15. The fourth-order valence-corrected chi connectivity index (χ4v) is 3.39. The summed E-state index contributed by atoms with van der Waals surface area (Å²) in [6.07, 6.45) is 4.62. The van der Waals surface area contributed by atoms with Gasteiger partial charge in [0, 0.05) is 25.1 Å². The van der Waals surface area contributed by atoms with Crippen molar-refractivity contribution >= 4 is 5.82 Å². The number of hydrogen-bond donors (Lipinski definition) is 1. The molecule has 3 heterocycles. The lowest BCUT2D eigenvalue weighted by Crippen LogP contribution is -2.17. The average Bonchev–Trinajstić information content (AvgIpc) is 3.30. The van der Waals surface area contributed by atoms with E-state index in [2.05, 4.69) is 35.1 Å². The highest BCUT2D eigenvalue weighted by molar-refractivity contribution is 5.48. The molecule has 5 heteroatoms. The van der Waals surface area contributed by atoms with E-state index in [0.29, 0.717) is 12.7 Å². The molecule has 0 bridgehead atoms. The van der Waals surface area contributed by atoms with Gasteiger partial charge in [-0.2, -0.15) is 5.10 Å². The third kappa shape index (κ3) is 3.75. The van der Waals surface area contributed by atoms with Crippen molar-refractivity contribution in [1.29, 1.82) is 0 Å². The van der Waals surface area contributed by atoms with Crippen molar-refractivity contribution in [2.45, 2.75) is 58.9 Å². The number of nitrogens with zero attached hydrogens (tertiary/aromatic N) is 2. The number of anilines is 1. The molecule has 1 unspecified atom stereocenters. The van der Waals surface area contributed by atoms with E-state index in [1.165, 1.54) is 18.4 Å². The fraction of sp³-hybridized carbons (Fsp3) is 0.550. The van der Waals surface area contributed by atoms with Gasteiger partial charge in [-0.3, -0.25) is 0 Å². The number of ether oxygens (including phenoxy) is 2. The van der Waals surface area contributed by atoms with Crippen molar-refractivity contribution in [1.82, 2.24) is 9.78 Å². The zero-order chi connectivity index (χ0) is 17.6. The van der Waals surface area contributed by atoms with Crippen molar-refractivity contribution in [2.24, 2.45) is 0 Å². The van der Waals surface area contributed by atoms with Gasteiger partial charge in [-0.05, 0) is 30.5 Å². The van der Waals surface area contributed by atoms with Gasteiger partial charge in [0.05, 0.1) is 5.69 Å². The zero-order valence-corrected chi connectivity index (χ0v) is 15.5. The molecule has 136 valence electrons. The summed E-state index contributed by atoms with van der Waals surface area (Å²) in [5.41, 5.74) is 2.42. The first-order valence-electron chi connectivity index (χ1n) is 9.56. The monoisotopic (exact) mass is 343 g/mol. The maximum atomic E-state index is 5.55. The third-order valence-corrected chi connectivity index (χ3v) is 4.65. The lowest BCUT2D eigenvalue weighted by molar-refractivity contribution is 0.174. The van der Waals surface area contributed by atoms with Crippen LogP contribution in [0.2, 0.25) is 0 Å². The predicted molar refractivity (Wildman–Crippen MR) is 101 cm³/mol. The number of aryl methyl sites for hydroxylation is 1. The van der Waals surface area contributed by atoms with Gasteiger partial charge in [0.25, 0.3) is 0 Å². The average molecular weight is 343 g/mol. The molecule has 1 atom stereocenters. The van der Waals surface area contributed by atoms with Crippen LogP contribution in [-0.4, -0.2) is 23.1 Å². The minimum absolute atomic E-state index is 0.310. The summed E-state index contributed by atoms with van der Waals surface area (Å²) in [6.45, 7) is 8.59. The molecule has 2 aliphatic rings. The SMILES string of the molecule is CC.CCCCC(c1ccc2c(c1)OCO2)c1cc2n(n1)CCCN2. The number of aromatic nitrogens is 2. The minimum Gasteiger partial charge on any atom is -0.454 e. The lowest BCUT2D eigenvalue weighted by Gasteiger charge is -2.15. The van der Waals surface area contributed by atoms with E-state index >= 15 is 0 Å². The Kier molecular flexibility index (Phi) is 5.84. The largest absolute Gasteiger partial charge is 0.454 e. The van der Waals surface area contributed by atoms with Crippen molar-refractivity contribution < 1.29 is 9.47 Å². The number of hydrogen-bond acceptors (Lipinski definition) is 4. The number of rotatable bonds is 5. The predicted octanol–water partition coefficient (Wildman–Crippen LogP) is 4.78. The smallest absolute Gasteiger partial charge is 0.231 e. The van der Waals surface area contributed by atoms with Crippen LogP contribution >= 0.6 is 0 Å². The van der Waals surface area contributed by atoms with E-state index in [4.69, 9.17) is 14.6 Å². The molecule has 1 N–H and O–H groups in total. The Labute approximate surface area is 150 Å². The van der Waals surface area contributed by atoms with Gasteiger partial charge in [-0.15, -0.1) is 0 Å². The van der Waals surface area contributed by atoms with E-state index in [1.54, 1.807) is 0 Å². The quantitative estimate of drug-likeness (QED) is 0.849. The summed E-state index contributed by atoms with van der Waals surface area (Å²) in [5, 5.41) is 8.30. The van der Waals surface area contributed by atoms with Gasteiger partial charge in [-0.25, -0.2) is 4.68 Å². The molecule has 0 fully saturated rings. The Morgan fingerprint density at radius 3 is 2.84 bits per heavy atom. The molecule has 2 aromatic rings. The van der Waals surface area contributed by atoms with Crippen LogP contribution in [0.3, 0.4) is 0 Å². The summed E-state index contributed by atoms with van der Waals surface area (Å²) in [7, 11) is 0. The molecule has 0 saturated heterocycles. The van der Waals surface area contributed by atoms with Gasteiger partial charge >= 0.3 is 0 Å². The summed E-state index contributed by atoms with van der Waals surface area (Å²) >= 11 is 0. The molecule has 0 spiro atoms. The number of benzene rings is 1. The normalized spacial score (nSPS) is 15.6. The first-order chi connectivity index (χ1) is 12.3. The number of nitrogens with one attached hydrogen (secondary N) is 1. The van der Waals surface area contributed by atoms with Gasteiger partial charge in [0.15, 0.2) is 11.5 Å². The molecular formula is C20H29N3O2. The van der Waals surface area contributed by atoms with Crippen LogP contribution in [0.5, 0.6) is 11.5 Å². The Hall–Kier alpha value is -2.17. The molecular weight excluding hydrogens is 314 g/mol. The van der Waals surface area contributed by atoms with Crippen LogP contribution in [0.25, 0.3) is 0 Å². The topological polar surface area (TPSA) is 48.3 Å². The van der Waals surface area contributed by atoms with Crippen LogP contribution in [0.4, 0.5) is 5.82 Å². The second-order valence-corrected chi connectivity index (χ2v) is 6.27. The van der Waals surface area contributed by atoms with E-state index in [1.807, 2.05) is 19.9 Å². The van der Waals surface area contributed by atoms with Crippen molar-refractivity contribution in [3.05, 3.63) is 35.5 Å². The van der Waals surface area contributed by atoms with Crippen LogP contribution in [-0.2, 0) is 6.54 Å². The van der Waals surface area contributed by atoms with Gasteiger partial charge in [0.1, 0.15) is 5.82 Å². The molecule has 0 aliphatic carbocycles. The summed E-state index contributed by atoms with van der Waals surface area (Å²) < 4.78 is 13.1. The van der Waals surface area contributed by atoms with Crippen LogP contribution in [0, 0.1) is 0 Å². The third-order valence-electron chi connectivity index (χ3n) is 4.65. The maximum absolute atomic E-state index is 5.55. The molecule has 0 radical (unpaired) electrons. The molecule has 1 aromatic carbocycles. The molecule has 2 aliphatic heterocycles. The molecule has 25 heavy (non-hydrogen) atoms. The van der Waals surface area contributed by atoms with Crippen LogP contribution in [0.1, 0.15) is 63.6 Å². The van der Waals surface area contributed by atoms with Crippen molar-refractivity contribution in [3.63, 3.8) is 0 Å². The van der Waals surface area contributed by atoms with E-state index in [-0.39, 0.29) is 0 Å². The van der Waals surface area contributed by atoms with E-state index in [9.17, 15) is 0 Å². The highest BCUT2D eigenvalue weighted by Crippen LogP contribution is 2.38. The van der Waals surface area contributed by atoms with Crippen molar-refractivity contribution in [3.8, 4) is 11.5 Å². The highest BCUT2D eigenvalue weighted by Gasteiger charge is 2.23. The molecule has 5 nitrogen and oxygen atoms in total. The summed E-state index contributed by atoms with van der Waals surface area (Å²) in [4.78, 5) is 0. The van der Waals surface area contributed by atoms with Gasteiger partial charge in [0.2, 0.25) is 6.79 Å². The number of fused-ring (bicyclic) bond motifs is 2. The molecule has 0 amide bonds. The van der Waals surface area contributed by atoms with Gasteiger partial charge in [-0.1, -0.05) is 39.7 Å². The second-order valence-electron chi connectivity index (χ2n) is 6.27. The highest BCUT2D eigenvalue weighted by atomic mass is 16.7. The Morgan fingerprint density at radius 1 is 1.20 bits per heavy atom. The van der Waals surface area contributed by atoms with Crippen LogP contribution in [0.15, 0.2) is 24.3 Å². The van der Waals surface area contributed by atoms with Gasteiger partial charge < -0.3 is 14.8 Å². The first kappa shape index (κ1) is 17.6. The first-order valence-corrected chi connectivity index (χ1v) is 9.56. The summed E-state index contributed by atoms with van der Waals surface area (Å²) in [6, 6.07) is 8.50. The maximum Gasteiger partial charge on any atom is 0.231 e. The Morgan fingerprint density at radius 2 is 2.04 bits per heavy atom. The molecule has 0 saturated carbocycles. The Balaban J connectivity index is 0.000000880. The standard InChI is InChI=1S/C18H23N3O2.C2H6/c1-2-3-5-14(13-6-7-16-17(10-13)23-12-22-16)15-11-18-19-8-4-9-21(18)20-15;1-2/h6-7,10-11,14,19H,2-5,8-9,12H2,1H3;1-2H3. The number of unbranched alkanes of at least 4 members (excludes halogenated alkanes) is 1. The zero-order valence-electron chi connectivity index (χ0n) is 15.5. The fourth-order valence-electron chi connectivity index (χ4n) is 3.39. The van der Waals surface area contributed by atoms with E-state index in [0.717, 1.165) is 48.9 Å². The van der Waals surface area contributed by atoms with E-state index < -0.39 is 0 Å². The van der Waals surface area contributed by atoms with Crippen molar-refractivity contribution in [2.75, 3.05) is 18.7 Å². The van der Waals surface area contributed by atoms with Crippen LogP contribution < -0.4 is 14.8 Å². The Bertz CT molecular complexity index is 673.